The van der Waals surface area contributed by atoms with Gasteiger partial charge in [0.25, 0.3) is 0 Å². The molecule has 2 rings (SSSR count). The van der Waals surface area contributed by atoms with Crippen molar-refractivity contribution in [3.05, 3.63) is 56.2 Å². The van der Waals surface area contributed by atoms with Gasteiger partial charge in [0, 0.05) is 4.88 Å². The summed E-state index contributed by atoms with van der Waals surface area (Å²) in [6.45, 7) is 1.52. The van der Waals surface area contributed by atoms with Crippen LogP contribution in [0, 0.1) is 18.6 Å². The Morgan fingerprint density at radius 3 is 2.53 bits per heavy atom. The van der Waals surface area contributed by atoms with Crippen LogP contribution in [0.25, 0.3) is 0 Å². The third-order valence-corrected chi connectivity index (χ3v) is 3.74. The van der Waals surface area contributed by atoms with Gasteiger partial charge in [-0.15, -0.1) is 11.3 Å². The molecule has 0 bridgehead atoms. The van der Waals surface area contributed by atoms with E-state index >= 15 is 0 Å². The van der Waals surface area contributed by atoms with Crippen LogP contribution in [0.4, 0.5) is 8.78 Å². The van der Waals surface area contributed by atoms with Gasteiger partial charge in [-0.1, -0.05) is 17.7 Å². The number of rotatable bonds is 2. The summed E-state index contributed by atoms with van der Waals surface area (Å²) in [5.74, 6) is -1.48. The second kappa shape index (κ2) is 4.72. The molecule has 0 aliphatic rings. The van der Waals surface area contributed by atoms with Crippen molar-refractivity contribution in [2.24, 2.45) is 0 Å². The number of aliphatic hydroxyl groups excluding tert-OH is 1. The largest absolute Gasteiger partial charge is 0.383 e. The van der Waals surface area contributed by atoms with E-state index in [1.165, 1.54) is 13.0 Å². The topological polar surface area (TPSA) is 20.2 Å². The number of aliphatic hydroxyl groups is 1. The van der Waals surface area contributed by atoms with Gasteiger partial charge in [-0.25, -0.2) is 8.78 Å². The number of halogens is 3. The van der Waals surface area contributed by atoms with E-state index in [-0.39, 0.29) is 5.56 Å². The molecule has 5 heteroatoms. The van der Waals surface area contributed by atoms with Crippen LogP contribution in [0.2, 0.25) is 4.34 Å². The molecule has 1 unspecified atom stereocenters. The highest BCUT2D eigenvalue weighted by atomic mass is 35.5. The van der Waals surface area contributed by atoms with E-state index in [1.807, 2.05) is 0 Å². The molecule has 0 amide bonds. The summed E-state index contributed by atoms with van der Waals surface area (Å²) in [7, 11) is 0. The van der Waals surface area contributed by atoms with Gasteiger partial charge in [0.2, 0.25) is 0 Å². The zero-order valence-corrected chi connectivity index (χ0v) is 10.4. The number of benzene rings is 1. The monoisotopic (exact) mass is 274 g/mol. The van der Waals surface area contributed by atoms with Crippen LogP contribution in [0.5, 0.6) is 0 Å². The smallest absolute Gasteiger partial charge is 0.135 e. The van der Waals surface area contributed by atoms with Gasteiger partial charge in [0.05, 0.1) is 9.90 Å². The van der Waals surface area contributed by atoms with E-state index in [0.29, 0.717) is 14.8 Å². The fraction of sp³-hybridized carbons (Fsp3) is 0.167. The van der Waals surface area contributed by atoms with Crippen LogP contribution in [0.15, 0.2) is 24.3 Å². The van der Waals surface area contributed by atoms with E-state index < -0.39 is 17.7 Å². The maximum Gasteiger partial charge on any atom is 0.135 e. The molecule has 1 atom stereocenters. The average Bonchev–Trinajstić information content (AvgIpc) is 2.71. The molecule has 2 aromatic rings. The standard InChI is InChI=1S/C12H9ClF2OS/c1-6-2-3-7(14)10(11(6)15)12(16)8-4-5-9(13)17-8/h2-5,12,16H,1H3. The Morgan fingerprint density at radius 1 is 1.24 bits per heavy atom. The maximum absolute atomic E-state index is 13.8. The molecule has 0 spiro atoms. The fourth-order valence-electron chi connectivity index (χ4n) is 1.55. The van der Waals surface area contributed by atoms with Crippen LogP contribution >= 0.6 is 22.9 Å². The molecule has 1 aromatic heterocycles. The summed E-state index contributed by atoms with van der Waals surface area (Å²) >= 11 is 6.82. The van der Waals surface area contributed by atoms with Crippen molar-refractivity contribution < 1.29 is 13.9 Å². The minimum absolute atomic E-state index is 0.295. The van der Waals surface area contributed by atoms with Crippen LogP contribution < -0.4 is 0 Å². The molecule has 0 fully saturated rings. The Kier molecular flexibility index (Phi) is 3.47. The van der Waals surface area contributed by atoms with Crippen molar-refractivity contribution >= 4 is 22.9 Å². The van der Waals surface area contributed by atoms with Gasteiger partial charge in [-0.05, 0) is 30.7 Å². The third kappa shape index (κ3) is 2.34. The molecule has 90 valence electrons. The Balaban J connectivity index is 2.50. The second-order valence-electron chi connectivity index (χ2n) is 3.64. The zero-order valence-electron chi connectivity index (χ0n) is 8.88. The first kappa shape index (κ1) is 12.5. The van der Waals surface area contributed by atoms with Gasteiger partial charge in [-0.2, -0.15) is 0 Å². The van der Waals surface area contributed by atoms with Gasteiger partial charge < -0.3 is 5.11 Å². The van der Waals surface area contributed by atoms with E-state index in [4.69, 9.17) is 11.6 Å². The molecule has 1 nitrogen and oxygen atoms in total. The predicted molar refractivity (Wildman–Crippen MR) is 64.5 cm³/mol. The van der Waals surface area contributed by atoms with E-state index in [1.54, 1.807) is 12.1 Å². The Morgan fingerprint density at radius 2 is 1.94 bits per heavy atom. The molecule has 0 aliphatic heterocycles. The van der Waals surface area contributed by atoms with Gasteiger partial charge in [0.1, 0.15) is 17.7 Å². The summed E-state index contributed by atoms with van der Waals surface area (Å²) in [6, 6.07) is 5.61. The van der Waals surface area contributed by atoms with E-state index in [2.05, 4.69) is 0 Å². The normalized spacial score (nSPS) is 12.8. The van der Waals surface area contributed by atoms with Crippen LogP contribution in [-0.2, 0) is 0 Å². The van der Waals surface area contributed by atoms with E-state index in [9.17, 15) is 13.9 Å². The molecule has 1 aromatic carbocycles. The highest BCUT2D eigenvalue weighted by molar-refractivity contribution is 7.16. The van der Waals surface area contributed by atoms with Crippen molar-refractivity contribution in [3.8, 4) is 0 Å². The first-order valence-electron chi connectivity index (χ1n) is 4.88. The van der Waals surface area contributed by atoms with Gasteiger partial charge >= 0.3 is 0 Å². The van der Waals surface area contributed by atoms with Crippen LogP contribution in [0.1, 0.15) is 22.1 Å². The predicted octanol–water partition coefficient (Wildman–Crippen LogP) is 4.07. The zero-order chi connectivity index (χ0) is 12.6. The molecular weight excluding hydrogens is 266 g/mol. The minimum Gasteiger partial charge on any atom is -0.383 e. The van der Waals surface area contributed by atoms with Crippen molar-refractivity contribution in [3.63, 3.8) is 0 Å². The van der Waals surface area contributed by atoms with Crippen molar-refractivity contribution in [1.82, 2.24) is 0 Å². The molecule has 17 heavy (non-hydrogen) atoms. The summed E-state index contributed by atoms with van der Waals surface area (Å²) in [6.07, 6.45) is -1.33. The molecule has 1 heterocycles. The summed E-state index contributed by atoms with van der Waals surface area (Å²) in [5, 5.41) is 9.96. The van der Waals surface area contributed by atoms with Gasteiger partial charge in [-0.3, -0.25) is 0 Å². The number of thiophene rings is 1. The maximum atomic E-state index is 13.8. The Hall–Kier alpha value is -0.970. The molecular formula is C12H9ClF2OS. The lowest BCUT2D eigenvalue weighted by Crippen LogP contribution is -2.05. The van der Waals surface area contributed by atoms with Crippen molar-refractivity contribution in [2.75, 3.05) is 0 Å². The Bertz CT molecular complexity index is 553. The lowest BCUT2D eigenvalue weighted by molar-refractivity contribution is 0.212. The van der Waals surface area contributed by atoms with Crippen LogP contribution in [-0.4, -0.2) is 5.11 Å². The lowest BCUT2D eigenvalue weighted by Gasteiger charge is -2.12. The molecule has 1 N–H and O–H groups in total. The molecule has 0 radical (unpaired) electrons. The number of hydrogen-bond acceptors (Lipinski definition) is 2. The van der Waals surface area contributed by atoms with Crippen molar-refractivity contribution in [2.45, 2.75) is 13.0 Å². The van der Waals surface area contributed by atoms with Gasteiger partial charge in [0.15, 0.2) is 0 Å². The summed E-state index contributed by atoms with van der Waals surface area (Å²) in [5.41, 5.74) is -0.0355. The minimum atomic E-state index is -1.33. The first-order chi connectivity index (χ1) is 8.00. The first-order valence-corrected chi connectivity index (χ1v) is 6.08. The quantitative estimate of drug-likeness (QED) is 0.875. The lowest BCUT2D eigenvalue weighted by atomic mass is 10.0. The molecule has 0 saturated heterocycles. The fourth-order valence-corrected chi connectivity index (χ4v) is 2.60. The van der Waals surface area contributed by atoms with E-state index in [0.717, 1.165) is 17.4 Å². The molecule has 0 saturated carbocycles. The second-order valence-corrected chi connectivity index (χ2v) is 5.38. The summed E-state index contributed by atoms with van der Waals surface area (Å²) in [4.78, 5) is 0.415. The van der Waals surface area contributed by atoms with Crippen LogP contribution in [0.3, 0.4) is 0 Å². The third-order valence-electron chi connectivity index (χ3n) is 2.46. The SMILES string of the molecule is Cc1ccc(F)c(C(O)c2ccc(Cl)s2)c1F. The molecule has 0 aliphatic carbocycles. The number of hydrogen-bond donors (Lipinski definition) is 1. The average molecular weight is 275 g/mol. The van der Waals surface area contributed by atoms with Crippen molar-refractivity contribution in [1.29, 1.82) is 0 Å². The Labute approximate surface area is 106 Å². The number of aryl methyl sites for hydroxylation is 1. The summed E-state index contributed by atoms with van der Waals surface area (Å²) < 4.78 is 27.8. The highest BCUT2D eigenvalue weighted by Crippen LogP contribution is 2.33. The highest BCUT2D eigenvalue weighted by Gasteiger charge is 2.22.